The zero-order chi connectivity index (χ0) is 15.2. The highest BCUT2D eigenvalue weighted by molar-refractivity contribution is 7.14. The molecule has 0 unspecified atom stereocenters. The molecule has 1 saturated carbocycles. The third kappa shape index (κ3) is 3.95. The summed E-state index contributed by atoms with van der Waals surface area (Å²) < 4.78 is 0. The highest BCUT2D eigenvalue weighted by Crippen LogP contribution is 2.26. The molecule has 0 radical (unpaired) electrons. The summed E-state index contributed by atoms with van der Waals surface area (Å²) >= 11 is 1.19. The number of aliphatic hydroxyl groups is 1. The predicted octanol–water partition coefficient (Wildman–Crippen LogP) is 2.61. The van der Waals surface area contributed by atoms with Crippen molar-refractivity contribution >= 4 is 28.3 Å². The SMILES string of the molecule is O=C(O)c1ccsc1NC(=O)N(CCO)C1CCCCC1. The Bertz CT molecular complexity index is 497. The normalized spacial score (nSPS) is 15.7. The first-order valence-electron chi connectivity index (χ1n) is 7.12. The zero-order valence-corrected chi connectivity index (χ0v) is 12.6. The van der Waals surface area contributed by atoms with Crippen molar-refractivity contribution < 1.29 is 19.8 Å². The third-order valence-electron chi connectivity index (χ3n) is 3.73. The standard InChI is InChI=1S/C14H20N2O4S/c17-8-7-16(10-4-2-1-3-5-10)14(20)15-12-11(13(18)19)6-9-21-12/h6,9-10,17H,1-5,7-8H2,(H,15,20)(H,18,19). The lowest BCUT2D eigenvalue weighted by molar-refractivity contribution is 0.0698. The van der Waals surface area contributed by atoms with Crippen LogP contribution in [0.2, 0.25) is 0 Å². The number of nitrogens with zero attached hydrogens (tertiary/aromatic N) is 1. The Morgan fingerprint density at radius 1 is 1.33 bits per heavy atom. The molecule has 1 aromatic heterocycles. The molecule has 0 aromatic carbocycles. The van der Waals surface area contributed by atoms with Crippen molar-refractivity contribution in [2.75, 3.05) is 18.5 Å². The van der Waals surface area contributed by atoms with Crippen LogP contribution in [0.15, 0.2) is 11.4 Å². The summed E-state index contributed by atoms with van der Waals surface area (Å²) in [5.74, 6) is -1.06. The van der Waals surface area contributed by atoms with E-state index in [9.17, 15) is 14.7 Å². The molecule has 7 heteroatoms. The van der Waals surface area contributed by atoms with Gasteiger partial charge in [-0.25, -0.2) is 9.59 Å². The van der Waals surface area contributed by atoms with E-state index in [4.69, 9.17) is 5.11 Å². The van der Waals surface area contributed by atoms with Gasteiger partial charge in [-0.1, -0.05) is 19.3 Å². The van der Waals surface area contributed by atoms with Crippen LogP contribution in [-0.2, 0) is 0 Å². The summed E-state index contributed by atoms with van der Waals surface area (Å²) in [7, 11) is 0. The van der Waals surface area contributed by atoms with Crippen LogP contribution in [0.3, 0.4) is 0 Å². The molecule has 0 aliphatic heterocycles. The maximum atomic E-state index is 12.4. The van der Waals surface area contributed by atoms with Crippen LogP contribution in [0, 0.1) is 0 Å². The van der Waals surface area contributed by atoms with Crippen molar-refractivity contribution in [1.82, 2.24) is 4.90 Å². The second-order valence-electron chi connectivity index (χ2n) is 5.11. The fourth-order valence-corrected chi connectivity index (χ4v) is 3.46. The van der Waals surface area contributed by atoms with E-state index >= 15 is 0 Å². The number of urea groups is 1. The highest BCUT2D eigenvalue weighted by Gasteiger charge is 2.26. The van der Waals surface area contributed by atoms with Crippen molar-refractivity contribution in [3.8, 4) is 0 Å². The second kappa shape index (κ2) is 7.42. The minimum absolute atomic E-state index is 0.0971. The van der Waals surface area contributed by atoms with Crippen molar-refractivity contribution in [2.24, 2.45) is 0 Å². The molecule has 21 heavy (non-hydrogen) atoms. The fraction of sp³-hybridized carbons (Fsp3) is 0.571. The first-order chi connectivity index (χ1) is 10.1. The van der Waals surface area contributed by atoms with Gasteiger partial charge in [0.1, 0.15) is 5.00 Å². The Kier molecular flexibility index (Phi) is 5.58. The Morgan fingerprint density at radius 3 is 2.67 bits per heavy atom. The number of rotatable bonds is 5. The van der Waals surface area contributed by atoms with Gasteiger partial charge in [-0.05, 0) is 24.3 Å². The first-order valence-corrected chi connectivity index (χ1v) is 8.00. The first kappa shape index (κ1) is 15.8. The van der Waals surface area contributed by atoms with Gasteiger partial charge in [0.15, 0.2) is 0 Å². The Balaban J connectivity index is 2.07. The number of hydrogen-bond acceptors (Lipinski definition) is 4. The van der Waals surface area contributed by atoms with Crippen LogP contribution in [-0.4, -0.2) is 46.3 Å². The summed E-state index contributed by atoms with van der Waals surface area (Å²) in [6, 6.07) is 1.26. The maximum Gasteiger partial charge on any atom is 0.338 e. The second-order valence-corrected chi connectivity index (χ2v) is 6.02. The van der Waals surface area contributed by atoms with E-state index in [-0.39, 0.29) is 30.8 Å². The Morgan fingerprint density at radius 2 is 2.05 bits per heavy atom. The molecule has 3 N–H and O–H groups in total. The molecule has 2 amide bonds. The molecule has 1 aliphatic rings. The maximum absolute atomic E-state index is 12.4. The van der Waals surface area contributed by atoms with Gasteiger partial charge < -0.3 is 15.1 Å². The van der Waals surface area contributed by atoms with Crippen molar-refractivity contribution in [2.45, 2.75) is 38.1 Å². The fourth-order valence-electron chi connectivity index (χ4n) is 2.69. The third-order valence-corrected chi connectivity index (χ3v) is 4.56. The number of hydrogen-bond donors (Lipinski definition) is 3. The van der Waals surface area contributed by atoms with Crippen molar-refractivity contribution in [3.05, 3.63) is 17.0 Å². The number of nitrogens with one attached hydrogen (secondary N) is 1. The van der Waals surface area contributed by atoms with E-state index in [2.05, 4.69) is 5.32 Å². The number of carboxylic acids is 1. The molecule has 0 bridgehead atoms. The number of aliphatic hydroxyl groups excluding tert-OH is 1. The highest BCUT2D eigenvalue weighted by atomic mass is 32.1. The van der Waals surface area contributed by atoms with Gasteiger partial charge in [0, 0.05) is 12.6 Å². The minimum Gasteiger partial charge on any atom is -0.478 e. The smallest absolute Gasteiger partial charge is 0.338 e. The van der Waals surface area contributed by atoms with Crippen molar-refractivity contribution in [3.63, 3.8) is 0 Å². The van der Waals surface area contributed by atoms with E-state index in [1.165, 1.54) is 23.8 Å². The molecule has 6 nitrogen and oxygen atoms in total. The number of carbonyl (C=O) groups is 2. The monoisotopic (exact) mass is 312 g/mol. The van der Waals surface area contributed by atoms with Crippen LogP contribution in [0.4, 0.5) is 9.80 Å². The van der Waals surface area contributed by atoms with Crippen LogP contribution in [0.1, 0.15) is 42.5 Å². The molecule has 1 aromatic rings. The lowest BCUT2D eigenvalue weighted by Gasteiger charge is -2.33. The summed E-state index contributed by atoms with van der Waals surface area (Å²) in [5, 5.41) is 22.9. The molecule has 116 valence electrons. The predicted molar refractivity (Wildman–Crippen MR) is 81.0 cm³/mol. The number of carbonyl (C=O) groups excluding carboxylic acids is 1. The van der Waals surface area contributed by atoms with Gasteiger partial charge in [0.25, 0.3) is 0 Å². The molecule has 2 rings (SSSR count). The van der Waals surface area contributed by atoms with Gasteiger partial charge in [-0.3, -0.25) is 5.32 Å². The molecule has 0 atom stereocenters. The molecular formula is C14H20N2O4S. The van der Waals surface area contributed by atoms with Crippen LogP contribution >= 0.6 is 11.3 Å². The number of aromatic carboxylic acids is 1. The molecule has 0 spiro atoms. The quantitative estimate of drug-likeness (QED) is 0.779. The van der Waals surface area contributed by atoms with E-state index in [1.54, 1.807) is 10.3 Å². The minimum atomic E-state index is -1.06. The van der Waals surface area contributed by atoms with Crippen molar-refractivity contribution in [1.29, 1.82) is 0 Å². The summed E-state index contributed by atoms with van der Waals surface area (Å²) in [6.45, 7) is 0.171. The lowest BCUT2D eigenvalue weighted by atomic mass is 9.94. The number of carboxylic acid groups (broad SMARTS) is 1. The average molecular weight is 312 g/mol. The molecular weight excluding hydrogens is 292 g/mol. The Labute approximate surface area is 127 Å². The average Bonchev–Trinajstić information content (AvgIpc) is 2.94. The van der Waals surface area contributed by atoms with Gasteiger partial charge in [0.2, 0.25) is 0 Å². The lowest BCUT2D eigenvalue weighted by Crippen LogP contribution is -2.45. The zero-order valence-electron chi connectivity index (χ0n) is 11.7. The Hall–Kier alpha value is -1.60. The number of thiophene rings is 1. The summed E-state index contributed by atoms with van der Waals surface area (Å²) in [4.78, 5) is 25.1. The molecule has 0 saturated heterocycles. The van der Waals surface area contributed by atoms with Gasteiger partial charge in [-0.15, -0.1) is 11.3 Å². The van der Waals surface area contributed by atoms with Gasteiger partial charge >= 0.3 is 12.0 Å². The van der Waals surface area contributed by atoms with E-state index in [0.717, 1.165) is 25.7 Å². The van der Waals surface area contributed by atoms with Gasteiger partial charge in [-0.2, -0.15) is 0 Å². The molecule has 1 fully saturated rings. The van der Waals surface area contributed by atoms with Crippen LogP contribution < -0.4 is 5.32 Å². The van der Waals surface area contributed by atoms with E-state index in [1.807, 2.05) is 0 Å². The van der Waals surface area contributed by atoms with E-state index < -0.39 is 5.97 Å². The van der Waals surface area contributed by atoms with E-state index in [0.29, 0.717) is 5.00 Å². The van der Waals surface area contributed by atoms with Crippen LogP contribution in [0.5, 0.6) is 0 Å². The topological polar surface area (TPSA) is 89.9 Å². The summed E-state index contributed by atoms with van der Waals surface area (Å²) in [6.07, 6.45) is 5.21. The number of amides is 2. The summed E-state index contributed by atoms with van der Waals surface area (Å²) in [5.41, 5.74) is 0.0981. The largest absolute Gasteiger partial charge is 0.478 e. The molecule has 1 heterocycles. The van der Waals surface area contributed by atoms with Crippen LogP contribution in [0.25, 0.3) is 0 Å². The molecule has 1 aliphatic carbocycles. The number of anilines is 1. The van der Waals surface area contributed by atoms with Gasteiger partial charge in [0.05, 0.1) is 12.2 Å².